The summed E-state index contributed by atoms with van der Waals surface area (Å²) >= 11 is 7.39. The summed E-state index contributed by atoms with van der Waals surface area (Å²) in [4.78, 5) is 18.3. The Bertz CT molecular complexity index is 1730. The lowest BCUT2D eigenvalue weighted by molar-refractivity contribution is 1.05. The van der Waals surface area contributed by atoms with Crippen molar-refractivity contribution in [2.75, 3.05) is 0 Å². The van der Waals surface area contributed by atoms with Gasteiger partial charge in [-0.1, -0.05) is 67.0 Å². The standard InChI is InChI=1S/C36H45ClN4/c1-9-21-22(10-2)35-31(37)36-26(14-6)25(13-5)34(41-36)28(16-8)33-24(12-4)23(11-3)32(40-33)27(15-7)29-18-17-20(38-29)19-30(21)39-35/h17-19,38,41H,9-16H2,1-8H3. The van der Waals surface area contributed by atoms with Gasteiger partial charge < -0.3 is 9.97 Å². The number of nitrogens with zero attached hydrogens (tertiary/aromatic N) is 2. The van der Waals surface area contributed by atoms with Crippen molar-refractivity contribution in [2.24, 2.45) is 0 Å². The molecule has 3 aromatic heterocycles. The van der Waals surface area contributed by atoms with Gasteiger partial charge in [-0.3, -0.25) is 0 Å². The van der Waals surface area contributed by atoms with Crippen LogP contribution in [0.15, 0.2) is 18.2 Å². The highest BCUT2D eigenvalue weighted by molar-refractivity contribution is 6.36. The molecule has 3 aromatic rings. The van der Waals surface area contributed by atoms with Gasteiger partial charge in [-0.25, -0.2) is 9.97 Å². The zero-order chi connectivity index (χ0) is 29.4. The van der Waals surface area contributed by atoms with Crippen LogP contribution in [0.4, 0.5) is 0 Å². The lowest BCUT2D eigenvalue weighted by Crippen LogP contribution is -1.95. The number of aromatic amines is 2. The molecule has 2 N–H and O–H groups in total. The van der Waals surface area contributed by atoms with E-state index in [4.69, 9.17) is 21.6 Å². The van der Waals surface area contributed by atoms with E-state index in [1.165, 1.54) is 50.1 Å². The summed E-state index contributed by atoms with van der Waals surface area (Å²) in [5, 5.41) is 0.728. The van der Waals surface area contributed by atoms with Crippen LogP contribution in [0, 0.1) is 0 Å². The van der Waals surface area contributed by atoms with E-state index in [1.54, 1.807) is 0 Å². The molecule has 2 aliphatic heterocycles. The summed E-state index contributed by atoms with van der Waals surface area (Å²) in [5.41, 5.74) is 19.1. The molecule has 0 unspecified atom stereocenters. The van der Waals surface area contributed by atoms with E-state index >= 15 is 0 Å². The first kappa shape index (κ1) is 29.4. The molecule has 0 amide bonds. The van der Waals surface area contributed by atoms with Crippen LogP contribution in [-0.4, -0.2) is 19.9 Å². The normalized spacial score (nSPS) is 13.6. The molecule has 0 saturated heterocycles. The first-order valence-electron chi connectivity index (χ1n) is 15.8. The molecule has 5 heterocycles. The molecule has 8 bridgehead atoms. The molecule has 0 atom stereocenters. The monoisotopic (exact) mass is 568 g/mol. The van der Waals surface area contributed by atoms with E-state index in [0.29, 0.717) is 0 Å². The van der Waals surface area contributed by atoms with Crippen LogP contribution in [-0.2, 0) is 25.7 Å². The Kier molecular flexibility index (Phi) is 8.61. The van der Waals surface area contributed by atoms with Crippen LogP contribution in [0.3, 0.4) is 0 Å². The maximum atomic E-state index is 7.39. The lowest BCUT2D eigenvalue weighted by atomic mass is 9.94. The Hall–Kier alpha value is -3.11. The van der Waals surface area contributed by atoms with Crippen LogP contribution in [0.1, 0.15) is 126 Å². The number of aromatic nitrogens is 4. The van der Waals surface area contributed by atoms with Crippen LogP contribution in [0.2, 0.25) is 5.02 Å². The number of nitrogens with one attached hydrogen (secondary N) is 2. The third-order valence-electron chi connectivity index (χ3n) is 9.02. The molecular formula is C36H45ClN4. The second kappa shape index (κ2) is 12.0. The lowest BCUT2D eigenvalue weighted by Gasteiger charge is -2.09. The van der Waals surface area contributed by atoms with Crippen LogP contribution < -0.4 is 0 Å². The van der Waals surface area contributed by atoms with Gasteiger partial charge in [0.15, 0.2) is 0 Å². The van der Waals surface area contributed by atoms with E-state index in [0.717, 1.165) is 95.7 Å². The quantitative estimate of drug-likeness (QED) is 0.284. The molecule has 0 fully saturated rings. The smallest absolute Gasteiger partial charge is 0.0903 e. The van der Waals surface area contributed by atoms with Gasteiger partial charge in [-0.05, 0) is 103 Å². The van der Waals surface area contributed by atoms with Crippen LogP contribution in [0.5, 0.6) is 0 Å². The van der Waals surface area contributed by atoms with Gasteiger partial charge in [-0.15, -0.1) is 0 Å². The minimum absolute atomic E-state index is 0.728. The number of rotatable bonds is 8. The van der Waals surface area contributed by atoms with Crippen molar-refractivity contribution in [3.8, 4) is 0 Å². The van der Waals surface area contributed by atoms with Gasteiger partial charge in [0, 0.05) is 27.7 Å². The zero-order valence-electron chi connectivity index (χ0n) is 26.2. The Morgan fingerprint density at radius 1 is 0.537 bits per heavy atom. The highest BCUT2D eigenvalue weighted by atomic mass is 35.5. The molecule has 0 aliphatic carbocycles. The second-order valence-corrected chi connectivity index (χ2v) is 11.4. The molecule has 0 spiro atoms. The molecule has 0 aromatic carbocycles. The summed E-state index contributed by atoms with van der Waals surface area (Å²) in [6.07, 6.45) is 7.36. The van der Waals surface area contributed by atoms with Crippen molar-refractivity contribution in [2.45, 2.75) is 107 Å². The Labute approximate surface area is 250 Å². The minimum Gasteiger partial charge on any atom is -0.355 e. The summed E-state index contributed by atoms with van der Waals surface area (Å²) in [6.45, 7) is 18.0. The van der Waals surface area contributed by atoms with Crippen molar-refractivity contribution in [3.63, 3.8) is 0 Å². The number of allylic oxidation sites excluding steroid dienone is 4. The topological polar surface area (TPSA) is 57.4 Å². The second-order valence-electron chi connectivity index (χ2n) is 11.0. The van der Waals surface area contributed by atoms with E-state index < -0.39 is 0 Å². The third-order valence-corrected chi connectivity index (χ3v) is 9.39. The average Bonchev–Trinajstić information content (AvgIpc) is 3.76. The summed E-state index contributed by atoms with van der Waals surface area (Å²) in [7, 11) is 0. The van der Waals surface area contributed by atoms with E-state index in [1.807, 2.05) is 0 Å². The largest absolute Gasteiger partial charge is 0.355 e. The highest BCUT2D eigenvalue weighted by Gasteiger charge is 2.26. The molecule has 0 saturated carbocycles. The summed E-state index contributed by atoms with van der Waals surface area (Å²) in [6, 6.07) is 6.58. The third kappa shape index (κ3) is 4.69. The summed E-state index contributed by atoms with van der Waals surface area (Å²) < 4.78 is 0. The van der Waals surface area contributed by atoms with Gasteiger partial charge in [-0.2, -0.15) is 0 Å². The van der Waals surface area contributed by atoms with Gasteiger partial charge >= 0.3 is 0 Å². The average molecular weight is 569 g/mol. The van der Waals surface area contributed by atoms with Crippen molar-refractivity contribution in [1.82, 2.24) is 19.9 Å². The van der Waals surface area contributed by atoms with Crippen molar-refractivity contribution < 1.29 is 0 Å². The maximum Gasteiger partial charge on any atom is 0.0903 e. The van der Waals surface area contributed by atoms with Crippen molar-refractivity contribution in [3.05, 3.63) is 68.3 Å². The molecule has 5 heteroatoms. The Morgan fingerprint density at radius 2 is 1.07 bits per heavy atom. The molecule has 5 rings (SSSR count). The molecular weight excluding hydrogens is 524 g/mol. The van der Waals surface area contributed by atoms with Crippen LogP contribution >= 0.6 is 11.6 Å². The SMILES string of the molecule is CCC1=C(CC)c2nc1cc1ccc([nH]1)c(CC)c1nc(c(CC)c3[nH]c(c2Cl)c(CC)c3CC)C(CC)=C1CC. The minimum atomic E-state index is 0.728. The Balaban J connectivity index is 2.11. The number of aryl methyl sites for hydroxylation is 4. The van der Waals surface area contributed by atoms with Gasteiger partial charge in [0.25, 0.3) is 0 Å². The predicted octanol–water partition coefficient (Wildman–Crippen LogP) is 10.7. The van der Waals surface area contributed by atoms with E-state index in [-0.39, 0.29) is 0 Å². The first-order chi connectivity index (χ1) is 19.9. The van der Waals surface area contributed by atoms with Gasteiger partial charge in [0.1, 0.15) is 0 Å². The van der Waals surface area contributed by atoms with E-state index in [9.17, 15) is 0 Å². The first-order valence-corrected chi connectivity index (χ1v) is 16.2. The predicted molar refractivity (Wildman–Crippen MR) is 178 cm³/mol. The number of halogens is 1. The van der Waals surface area contributed by atoms with Crippen molar-refractivity contribution in [1.29, 1.82) is 0 Å². The maximum absolute atomic E-state index is 7.39. The van der Waals surface area contributed by atoms with Crippen LogP contribution in [0.25, 0.3) is 44.4 Å². The number of fused-ring (bicyclic) bond motifs is 8. The molecule has 4 nitrogen and oxygen atoms in total. The van der Waals surface area contributed by atoms with Gasteiger partial charge in [0.2, 0.25) is 0 Å². The van der Waals surface area contributed by atoms with Crippen molar-refractivity contribution >= 4 is 56.0 Å². The highest BCUT2D eigenvalue weighted by Crippen LogP contribution is 2.42. The molecule has 41 heavy (non-hydrogen) atoms. The molecule has 216 valence electrons. The fourth-order valence-electron chi connectivity index (χ4n) is 7.11. The van der Waals surface area contributed by atoms with Gasteiger partial charge in [0.05, 0.1) is 33.3 Å². The molecule has 2 aliphatic rings. The molecule has 0 radical (unpaired) electrons. The summed E-state index contributed by atoms with van der Waals surface area (Å²) in [5.74, 6) is 0. The fourth-order valence-corrected chi connectivity index (χ4v) is 7.43. The fraction of sp³-hybridized carbons (Fsp3) is 0.444. The number of hydrogen-bond acceptors (Lipinski definition) is 2. The zero-order valence-corrected chi connectivity index (χ0v) is 26.9. The number of H-pyrrole nitrogens is 2. The number of hydrogen-bond donors (Lipinski definition) is 2. The Morgan fingerprint density at radius 3 is 1.63 bits per heavy atom. The van der Waals surface area contributed by atoms with E-state index in [2.05, 4.69) is 83.6 Å².